The zero-order valence-corrected chi connectivity index (χ0v) is 14.3. The van der Waals surface area contributed by atoms with Gasteiger partial charge in [-0.25, -0.2) is 5.01 Å². The lowest BCUT2D eigenvalue weighted by atomic mass is 10.2. The van der Waals surface area contributed by atoms with Crippen LogP contribution in [-0.4, -0.2) is 58.3 Å². The van der Waals surface area contributed by atoms with Crippen molar-refractivity contribution >= 4 is 25.7 Å². The number of carbonyl (C=O) groups is 1. The highest BCUT2D eigenvalue weighted by Gasteiger charge is 2.16. The highest BCUT2D eigenvalue weighted by atomic mass is 31.1. The van der Waals surface area contributed by atoms with Crippen molar-refractivity contribution in [3.63, 3.8) is 0 Å². The Morgan fingerprint density at radius 1 is 1.14 bits per heavy atom. The fraction of sp³-hybridized carbons (Fsp3) is 0.500. The van der Waals surface area contributed by atoms with Crippen molar-refractivity contribution in [2.45, 2.75) is 0 Å². The van der Waals surface area contributed by atoms with E-state index in [4.69, 9.17) is 4.84 Å². The number of anilines is 2. The molecular weight excluding hydrogens is 303 g/mol. The maximum absolute atomic E-state index is 12.0. The van der Waals surface area contributed by atoms with E-state index in [1.807, 2.05) is 50.1 Å². The number of benzene rings is 1. The van der Waals surface area contributed by atoms with E-state index < -0.39 is 0 Å². The number of nitrogens with one attached hydrogen (secondary N) is 1. The fourth-order valence-corrected chi connectivity index (χ4v) is 1.86. The van der Waals surface area contributed by atoms with E-state index in [-0.39, 0.29) is 20.5 Å². The molecule has 0 heterocycles. The molecular formula is C14H23N4O3P. The van der Waals surface area contributed by atoms with Gasteiger partial charge in [0.2, 0.25) is 0 Å². The van der Waals surface area contributed by atoms with E-state index in [2.05, 4.69) is 5.59 Å². The van der Waals surface area contributed by atoms with Gasteiger partial charge in [-0.3, -0.25) is 14.2 Å². The summed E-state index contributed by atoms with van der Waals surface area (Å²) >= 11 is 0. The second-order valence-electron chi connectivity index (χ2n) is 5.17. The Bertz CT molecular complexity index is 479. The molecule has 0 radical (unpaired) electrons. The topological polar surface area (TPSA) is 65.1 Å². The number of hydrogen-bond acceptors (Lipinski definition) is 6. The van der Waals surface area contributed by atoms with Crippen molar-refractivity contribution in [2.24, 2.45) is 0 Å². The minimum atomic E-state index is -0.334. The minimum absolute atomic E-state index is 0.112. The summed E-state index contributed by atoms with van der Waals surface area (Å²) in [5.41, 5.74) is 4.27. The molecule has 0 aliphatic heterocycles. The molecule has 1 aromatic rings. The number of nitrogens with zero attached hydrogens (tertiary/aromatic N) is 3. The molecule has 1 rings (SSSR count). The number of rotatable bonds is 9. The summed E-state index contributed by atoms with van der Waals surface area (Å²) in [5, 5.41) is 1.26. The van der Waals surface area contributed by atoms with E-state index in [1.54, 1.807) is 12.1 Å². The molecule has 0 bridgehead atoms. The predicted octanol–water partition coefficient (Wildman–Crippen LogP) is 1.38. The summed E-state index contributed by atoms with van der Waals surface area (Å²) < 4.78 is 10.7. The van der Waals surface area contributed by atoms with Crippen molar-refractivity contribution < 1.29 is 14.2 Å². The molecule has 8 heteroatoms. The third kappa shape index (κ3) is 6.07. The van der Waals surface area contributed by atoms with Gasteiger partial charge in [-0.1, -0.05) is 0 Å². The Balaban J connectivity index is 2.76. The monoisotopic (exact) mass is 326 g/mol. The second kappa shape index (κ2) is 9.48. The van der Waals surface area contributed by atoms with E-state index in [9.17, 15) is 9.36 Å². The molecule has 0 atom stereocenters. The van der Waals surface area contributed by atoms with Gasteiger partial charge in [-0.2, -0.15) is 0 Å². The molecule has 0 saturated carbocycles. The Hall–Kier alpha value is -1.53. The van der Waals surface area contributed by atoms with Crippen LogP contribution < -0.4 is 15.5 Å². The van der Waals surface area contributed by atoms with Crippen molar-refractivity contribution in [1.29, 1.82) is 0 Å². The first-order chi connectivity index (χ1) is 10.5. The fourth-order valence-electron chi connectivity index (χ4n) is 1.61. The van der Waals surface area contributed by atoms with Crippen molar-refractivity contribution in [3.8, 4) is 0 Å². The number of likely N-dealkylation sites (N-methyl/N-ethyl adjacent to an activating group) is 1. The Labute approximate surface area is 132 Å². The van der Waals surface area contributed by atoms with Gasteiger partial charge in [0.05, 0.1) is 12.3 Å². The van der Waals surface area contributed by atoms with Gasteiger partial charge in [-0.15, -0.1) is 5.59 Å². The third-order valence-corrected chi connectivity index (χ3v) is 3.27. The summed E-state index contributed by atoms with van der Waals surface area (Å²) in [5.74, 6) is -0.334. The highest BCUT2D eigenvalue weighted by molar-refractivity contribution is 7.25. The molecule has 1 amide bonds. The number of hydrogen-bond donors (Lipinski definition) is 1. The summed E-state index contributed by atoms with van der Waals surface area (Å²) in [6.07, 6.45) is -0.112. The van der Waals surface area contributed by atoms with Crippen LogP contribution in [0, 0.1) is 0 Å². The van der Waals surface area contributed by atoms with Crippen LogP contribution >= 0.6 is 8.46 Å². The van der Waals surface area contributed by atoms with Gasteiger partial charge < -0.3 is 9.80 Å². The number of hydrazine groups is 1. The van der Waals surface area contributed by atoms with Crippen LogP contribution in [0.5, 0.6) is 0 Å². The average Bonchev–Trinajstić information content (AvgIpc) is 2.47. The molecule has 0 spiro atoms. The minimum Gasteiger partial charge on any atom is -0.378 e. The van der Waals surface area contributed by atoms with E-state index in [1.165, 1.54) is 5.01 Å². The Kier molecular flexibility index (Phi) is 7.98. The zero-order valence-electron chi connectivity index (χ0n) is 13.4. The molecule has 0 saturated heterocycles. The lowest BCUT2D eigenvalue weighted by molar-refractivity contribution is -0.120. The standard InChI is InChI=1S/C14H23N4O3P/c1-16(2)9-10-21-15-18(14(19)11-22-20)13-7-5-12(6-8-13)17(3)4/h5-8,15H,9-11H2,1-4H3. The first kappa shape index (κ1) is 18.5. The second-order valence-corrected chi connectivity index (χ2v) is 5.74. The molecule has 1 N–H and O–H groups in total. The molecule has 1 aromatic carbocycles. The number of amides is 1. The predicted molar refractivity (Wildman–Crippen MR) is 88.4 cm³/mol. The lowest BCUT2D eigenvalue weighted by Gasteiger charge is -2.23. The van der Waals surface area contributed by atoms with Gasteiger partial charge >= 0.3 is 0 Å². The quantitative estimate of drug-likeness (QED) is 0.420. The first-order valence-corrected chi connectivity index (χ1v) is 7.87. The van der Waals surface area contributed by atoms with Gasteiger partial charge in [-0.05, 0) is 38.4 Å². The average molecular weight is 326 g/mol. The van der Waals surface area contributed by atoms with Gasteiger partial charge in [0.1, 0.15) is 6.16 Å². The highest BCUT2D eigenvalue weighted by Crippen LogP contribution is 2.19. The molecule has 7 nitrogen and oxygen atoms in total. The SMILES string of the molecule is CN(C)CCONN(C(=O)CP=O)c1ccc(N(C)C)cc1. The maximum Gasteiger partial charge on any atom is 0.254 e. The van der Waals surface area contributed by atoms with Crippen LogP contribution in [0.3, 0.4) is 0 Å². The summed E-state index contributed by atoms with van der Waals surface area (Å²) in [6, 6.07) is 7.40. The van der Waals surface area contributed by atoms with Crippen LogP contribution in [0.15, 0.2) is 24.3 Å². The van der Waals surface area contributed by atoms with Gasteiger partial charge in [0.25, 0.3) is 5.91 Å². The molecule has 0 aliphatic rings. The van der Waals surface area contributed by atoms with Gasteiger partial charge in [0.15, 0.2) is 8.46 Å². The molecule has 0 aliphatic carbocycles. The molecule has 0 aromatic heterocycles. The number of carbonyl (C=O) groups excluding carboxylic acids is 1. The smallest absolute Gasteiger partial charge is 0.254 e. The summed E-state index contributed by atoms with van der Waals surface area (Å²) in [6.45, 7) is 1.13. The third-order valence-electron chi connectivity index (χ3n) is 2.87. The first-order valence-electron chi connectivity index (χ1n) is 6.87. The molecule has 22 heavy (non-hydrogen) atoms. The Morgan fingerprint density at radius 3 is 2.23 bits per heavy atom. The van der Waals surface area contributed by atoms with Crippen LogP contribution in [-0.2, 0) is 14.2 Å². The van der Waals surface area contributed by atoms with Crippen molar-refractivity contribution in [1.82, 2.24) is 10.5 Å². The molecule has 0 fully saturated rings. The van der Waals surface area contributed by atoms with Crippen LogP contribution in [0.4, 0.5) is 11.4 Å². The van der Waals surface area contributed by atoms with Crippen LogP contribution in [0.1, 0.15) is 0 Å². The summed E-state index contributed by atoms with van der Waals surface area (Å²) in [7, 11) is 7.52. The van der Waals surface area contributed by atoms with Crippen molar-refractivity contribution in [3.05, 3.63) is 24.3 Å². The van der Waals surface area contributed by atoms with Crippen molar-refractivity contribution in [2.75, 3.05) is 57.4 Å². The Morgan fingerprint density at radius 2 is 1.73 bits per heavy atom. The van der Waals surface area contributed by atoms with E-state index in [0.717, 1.165) is 5.69 Å². The zero-order chi connectivity index (χ0) is 16.5. The normalized spacial score (nSPS) is 11.0. The van der Waals surface area contributed by atoms with Crippen LogP contribution in [0.2, 0.25) is 0 Å². The van der Waals surface area contributed by atoms with E-state index >= 15 is 0 Å². The van der Waals surface area contributed by atoms with E-state index in [0.29, 0.717) is 18.8 Å². The van der Waals surface area contributed by atoms with Crippen LogP contribution in [0.25, 0.3) is 0 Å². The molecule has 122 valence electrons. The summed E-state index contributed by atoms with van der Waals surface area (Å²) in [4.78, 5) is 21.3. The lowest BCUT2D eigenvalue weighted by Crippen LogP contribution is -2.44. The maximum atomic E-state index is 12.0. The largest absolute Gasteiger partial charge is 0.378 e. The van der Waals surface area contributed by atoms with Gasteiger partial charge in [0, 0.05) is 26.3 Å². The molecule has 0 unspecified atom stereocenters.